The van der Waals surface area contributed by atoms with Crippen LogP contribution in [0.1, 0.15) is 18.5 Å². The van der Waals surface area contributed by atoms with E-state index in [-0.39, 0.29) is 18.4 Å². The number of hydrogen-bond acceptors (Lipinski definition) is 2. The molecule has 1 aromatic carbocycles. The molecular formula is C10H14ClN3. The van der Waals surface area contributed by atoms with Crippen LogP contribution in [0.15, 0.2) is 24.4 Å². The fourth-order valence-electron chi connectivity index (χ4n) is 1.45. The summed E-state index contributed by atoms with van der Waals surface area (Å²) in [6.45, 7) is 1.98. The van der Waals surface area contributed by atoms with E-state index >= 15 is 0 Å². The van der Waals surface area contributed by atoms with Gasteiger partial charge in [-0.3, -0.25) is 4.68 Å². The second kappa shape index (κ2) is 3.98. The molecule has 0 aliphatic heterocycles. The minimum absolute atomic E-state index is 0. The molecule has 1 heterocycles. The maximum absolute atomic E-state index is 5.78. The molecule has 0 saturated heterocycles. The molecule has 0 radical (unpaired) electrons. The quantitative estimate of drug-likeness (QED) is 0.785. The van der Waals surface area contributed by atoms with Gasteiger partial charge in [-0.05, 0) is 24.6 Å². The summed E-state index contributed by atoms with van der Waals surface area (Å²) in [5.41, 5.74) is 7.96. The van der Waals surface area contributed by atoms with Crippen molar-refractivity contribution in [2.45, 2.75) is 13.0 Å². The van der Waals surface area contributed by atoms with Crippen LogP contribution < -0.4 is 5.73 Å². The average molecular weight is 212 g/mol. The lowest BCUT2D eigenvalue weighted by molar-refractivity contribution is 0.780. The van der Waals surface area contributed by atoms with Crippen molar-refractivity contribution in [3.05, 3.63) is 30.0 Å². The minimum Gasteiger partial charge on any atom is -0.324 e. The molecule has 1 atom stereocenters. The zero-order valence-electron chi connectivity index (χ0n) is 8.27. The van der Waals surface area contributed by atoms with Gasteiger partial charge in [0.15, 0.2) is 0 Å². The van der Waals surface area contributed by atoms with Gasteiger partial charge in [-0.2, -0.15) is 5.10 Å². The first-order chi connectivity index (χ1) is 6.16. The molecule has 3 nitrogen and oxygen atoms in total. The first kappa shape index (κ1) is 11.0. The summed E-state index contributed by atoms with van der Waals surface area (Å²) in [5, 5.41) is 5.44. The van der Waals surface area contributed by atoms with Crippen molar-refractivity contribution in [2.75, 3.05) is 0 Å². The van der Waals surface area contributed by atoms with Gasteiger partial charge in [0.25, 0.3) is 0 Å². The van der Waals surface area contributed by atoms with Crippen LogP contribution in [0.2, 0.25) is 0 Å². The standard InChI is InChI=1S/C10H13N3.ClH/c1-7(11)8-3-4-10-9(5-8)6-13(2)12-10;/h3-7H,11H2,1-2H3;1H/t7-;/m0./s1. The Morgan fingerprint density at radius 1 is 1.43 bits per heavy atom. The van der Waals surface area contributed by atoms with Gasteiger partial charge in [0.1, 0.15) is 0 Å². The molecule has 0 aliphatic carbocycles. The Morgan fingerprint density at radius 3 is 2.79 bits per heavy atom. The molecule has 0 spiro atoms. The zero-order valence-corrected chi connectivity index (χ0v) is 9.08. The molecule has 0 bridgehead atoms. The molecule has 2 aromatic rings. The van der Waals surface area contributed by atoms with Crippen molar-refractivity contribution < 1.29 is 0 Å². The van der Waals surface area contributed by atoms with Crippen LogP contribution in [-0.2, 0) is 7.05 Å². The lowest BCUT2D eigenvalue weighted by Gasteiger charge is -2.03. The number of halogens is 1. The van der Waals surface area contributed by atoms with Gasteiger partial charge in [-0.15, -0.1) is 12.4 Å². The third kappa shape index (κ3) is 1.89. The maximum atomic E-state index is 5.78. The van der Waals surface area contributed by atoms with Gasteiger partial charge in [0.05, 0.1) is 5.52 Å². The Morgan fingerprint density at radius 2 is 2.14 bits per heavy atom. The van der Waals surface area contributed by atoms with Gasteiger partial charge >= 0.3 is 0 Å². The summed E-state index contributed by atoms with van der Waals surface area (Å²) in [6.07, 6.45) is 2.00. The summed E-state index contributed by atoms with van der Waals surface area (Å²) >= 11 is 0. The molecular weight excluding hydrogens is 198 g/mol. The van der Waals surface area contributed by atoms with Gasteiger partial charge in [0.2, 0.25) is 0 Å². The molecule has 0 saturated carbocycles. The van der Waals surface area contributed by atoms with Crippen LogP contribution in [0.25, 0.3) is 10.9 Å². The van der Waals surface area contributed by atoms with E-state index in [1.807, 2.05) is 37.0 Å². The smallest absolute Gasteiger partial charge is 0.0923 e. The fourth-order valence-corrected chi connectivity index (χ4v) is 1.45. The number of fused-ring (bicyclic) bond motifs is 1. The van der Waals surface area contributed by atoms with Crippen molar-refractivity contribution in [1.29, 1.82) is 0 Å². The highest BCUT2D eigenvalue weighted by molar-refractivity contribution is 5.85. The summed E-state index contributed by atoms with van der Waals surface area (Å²) in [5.74, 6) is 0. The van der Waals surface area contributed by atoms with E-state index in [1.54, 1.807) is 0 Å². The Hall–Kier alpha value is -1.06. The Labute approximate surface area is 89.3 Å². The largest absolute Gasteiger partial charge is 0.324 e. The normalized spacial score (nSPS) is 12.5. The maximum Gasteiger partial charge on any atom is 0.0923 e. The van der Waals surface area contributed by atoms with E-state index in [1.165, 1.54) is 0 Å². The minimum atomic E-state index is 0. The topological polar surface area (TPSA) is 43.8 Å². The lowest BCUT2D eigenvalue weighted by Crippen LogP contribution is -2.04. The van der Waals surface area contributed by atoms with Crippen molar-refractivity contribution in [1.82, 2.24) is 9.78 Å². The molecule has 76 valence electrons. The predicted octanol–water partition coefficient (Wildman–Crippen LogP) is 2.01. The number of nitrogens with two attached hydrogens (primary N) is 1. The fraction of sp³-hybridized carbons (Fsp3) is 0.300. The van der Waals surface area contributed by atoms with Gasteiger partial charge in [-0.25, -0.2) is 0 Å². The number of aryl methyl sites for hydroxylation is 1. The molecule has 2 N–H and O–H groups in total. The number of nitrogens with zero attached hydrogens (tertiary/aromatic N) is 2. The van der Waals surface area contributed by atoms with Crippen molar-refractivity contribution in [3.8, 4) is 0 Å². The van der Waals surface area contributed by atoms with E-state index in [4.69, 9.17) is 5.73 Å². The molecule has 2 rings (SSSR count). The van der Waals surface area contributed by atoms with Crippen molar-refractivity contribution in [2.24, 2.45) is 12.8 Å². The van der Waals surface area contributed by atoms with Gasteiger partial charge in [0, 0.05) is 24.7 Å². The Kier molecular flexibility index (Phi) is 3.13. The van der Waals surface area contributed by atoms with E-state index in [9.17, 15) is 0 Å². The molecule has 14 heavy (non-hydrogen) atoms. The van der Waals surface area contributed by atoms with Crippen LogP contribution in [0.5, 0.6) is 0 Å². The summed E-state index contributed by atoms with van der Waals surface area (Å²) in [6, 6.07) is 6.21. The molecule has 0 unspecified atom stereocenters. The average Bonchev–Trinajstić information content (AvgIpc) is 2.42. The second-order valence-corrected chi connectivity index (χ2v) is 3.41. The number of hydrogen-bond donors (Lipinski definition) is 1. The predicted molar refractivity (Wildman–Crippen MR) is 60.6 cm³/mol. The van der Waals surface area contributed by atoms with Crippen LogP contribution in [0.4, 0.5) is 0 Å². The zero-order chi connectivity index (χ0) is 9.42. The highest BCUT2D eigenvalue weighted by Crippen LogP contribution is 2.17. The number of benzene rings is 1. The van der Waals surface area contributed by atoms with Crippen LogP contribution in [-0.4, -0.2) is 9.78 Å². The van der Waals surface area contributed by atoms with Gasteiger partial charge in [-0.1, -0.05) is 6.07 Å². The molecule has 0 amide bonds. The highest BCUT2D eigenvalue weighted by atomic mass is 35.5. The summed E-state index contributed by atoms with van der Waals surface area (Å²) in [4.78, 5) is 0. The van der Waals surface area contributed by atoms with Crippen molar-refractivity contribution in [3.63, 3.8) is 0 Å². The first-order valence-electron chi connectivity index (χ1n) is 4.36. The summed E-state index contributed by atoms with van der Waals surface area (Å²) < 4.78 is 1.82. The van der Waals surface area contributed by atoms with Gasteiger partial charge < -0.3 is 5.73 Å². The molecule has 1 aromatic heterocycles. The van der Waals surface area contributed by atoms with Crippen molar-refractivity contribution >= 4 is 23.3 Å². The van der Waals surface area contributed by atoms with E-state index < -0.39 is 0 Å². The van der Waals surface area contributed by atoms with E-state index in [0.717, 1.165) is 16.5 Å². The SMILES string of the molecule is C[C@H](N)c1ccc2nn(C)cc2c1.Cl. The van der Waals surface area contributed by atoms with Crippen LogP contribution in [0, 0.1) is 0 Å². The molecule has 0 fully saturated rings. The summed E-state index contributed by atoms with van der Waals surface area (Å²) in [7, 11) is 1.92. The number of aromatic nitrogens is 2. The second-order valence-electron chi connectivity index (χ2n) is 3.41. The van der Waals surface area contributed by atoms with Crippen LogP contribution in [0.3, 0.4) is 0 Å². The first-order valence-corrected chi connectivity index (χ1v) is 4.36. The van der Waals surface area contributed by atoms with Crippen LogP contribution >= 0.6 is 12.4 Å². The van der Waals surface area contributed by atoms with E-state index in [2.05, 4.69) is 11.2 Å². The monoisotopic (exact) mass is 211 g/mol. The van der Waals surface area contributed by atoms with E-state index in [0.29, 0.717) is 0 Å². The molecule has 4 heteroatoms. The lowest BCUT2D eigenvalue weighted by atomic mass is 10.1. The third-order valence-corrected chi connectivity index (χ3v) is 2.17. The Bertz CT molecular complexity index is 434. The third-order valence-electron chi connectivity index (χ3n) is 2.17. The Balaban J connectivity index is 0.000000980. The number of rotatable bonds is 1. The highest BCUT2D eigenvalue weighted by Gasteiger charge is 2.02. The molecule has 0 aliphatic rings.